The zero-order valence-electron chi connectivity index (χ0n) is 12.5. The molecule has 0 aromatic carbocycles. The molecule has 1 N–H and O–H groups in total. The molecule has 1 rings (SSSR count). The van der Waals surface area contributed by atoms with Crippen molar-refractivity contribution in [1.82, 2.24) is 5.32 Å². The lowest BCUT2D eigenvalue weighted by atomic mass is 9.85. The van der Waals surface area contributed by atoms with Gasteiger partial charge in [0.1, 0.15) is 0 Å². The first-order valence-electron chi connectivity index (χ1n) is 7.28. The molecule has 1 aliphatic rings. The number of hydrogen-bond donors (Lipinski definition) is 1. The smallest absolute Gasteiger partial charge is 0.0986 e. The maximum absolute atomic E-state index is 5.78. The topological polar surface area (TPSA) is 49.0 Å². The molecule has 0 heterocycles. The van der Waals surface area contributed by atoms with E-state index in [4.69, 9.17) is 18.9 Å². The molecular weight excluding hydrogens is 246 g/mol. The Bertz CT molecular complexity index is 216. The summed E-state index contributed by atoms with van der Waals surface area (Å²) in [5.74, 6) is 0. The SMILES string of the molecule is CCCNC1CC(OCCOCCCOC)C1OC. The second-order valence-electron chi connectivity index (χ2n) is 4.86. The average molecular weight is 275 g/mol. The fourth-order valence-electron chi connectivity index (χ4n) is 2.26. The molecule has 3 atom stereocenters. The zero-order chi connectivity index (χ0) is 13.9. The minimum Gasteiger partial charge on any atom is -0.385 e. The van der Waals surface area contributed by atoms with Gasteiger partial charge in [0, 0.05) is 33.5 Å². The molecule has 0 saturated heterocycles. The molecule has 0 bridgehead atoms. The van der Waals surface area contributed by atoms with Crippen molar-refractivity contribution in [3.8, 4) is 0 Å². The van der Waals surface area contributed by atoms with E-state index >= 15 is 0 Å². The third kappa shape index (κ3) is 6.19. The molecule has 5 heteroatoms. The summed E-state index contributed by atoms with van der Waals surface area (Å²) in [5.41, 5.74) is 0. The van der Waals surface area contributed by atoms with E-state index < -0.39 is 0 Å². The van der Waals surface area contributed by atoms with E-state index in [0.29, 0.717) is 19.3 Å². The highest BCUT2D eigenvalue weighted by Crippen LogP contribution is 2.26. The molecular formula is C14H29NO4. The lowest BCUT2D eigenvalue weighted by molar-refractivity contribution is -0.140. The van der Waals surface area contributed by atoms with Gasteiger partial charge in [-0.2, -0.15) is 0 Å². The van der Waals surface area contributed by atoms with Crippen LogP contribution in [0.2, 0.25) is 0 Å². The van der Waals surface area contributed by atoms with Crippen LogP contribution >= 0.6 is 0 Å². The molecule has 1 fully saturated rings. The van der Waals surface area contributed by atoms with Crippen LogP contribution in [-0.2, 0) is 18.9 Å². The molecule has 0 amide bonds. The van der Waals surface area contributed by atoms with Crippen LogP contribution < -0.4 is 5.32 Å². The maximum atomic E-state index is 5.78. The van der Waals surface area contributed by atoms with Crippen LogP contribution in [0, 0.1) is 0 Å². The van der Waals surface area contributed by atoms with Gasteiger partial charge in [0.05, 0.1) is 25.4 Å². The Balaban J connectivity index is 1.98. The van der Waals surface area contributed by atoms with Crippen molar-refractivity contribution >= 4 is 0 Å². The van der Waals surface area contributed by atoms with Crippen molar-refractivity contribution in [3.63, 3.8) is 0 Å². The van der Waals surface area contributed by atoms with Gasteiger partial charge >= 0.3 is 0 Å². The molecule has 1 aliphatic carbocycles. The second kappa shape index (κ2) is 10.6. The molecule has 0 spiro atoms. The van der Waals surface area contributed by atoms with Crippen LogP contribution in [-0.4, -0.2) is 65.4 Å². The van der Waals surface area contributed by atoms with E-state index in [1.165, 1.54) is 0 Å². The molecule has 5 nitrogen and oxygen atoms in total. The van der Waals surface area contributed by atoms with Crippen molar-refractivity contribution in [2.24, 2.45) is 0 Å². The number of nitrogens with one attached hydrogen (secondary N) is 1. The lowest BCUT2D eigenvalue weighted by Crippen LogP contribution is -2.60. The zero-order valence-corrected chi connectivity index (χ0v) is 12.5. The number of hydrogen-bond acceptors (Lipinski definition) is 5. The summed E-state index contributed by atoms with van der Waals surface area (Å²) in [6.45, 7) is 5.97. The van der Waals surface area contributed by atoms with Crippen LogP contribution in [0.25, 0.3) is 0 Å². The Hall–Kier alpha value is -0.200. The van der Waals surface area contributed by atoms with Gasteiger partial charge in [0.15, 0.2) is 0 Å². The molecule has 0 aliphatic heterocycles. The first-order valence-corrected chi connectivity index (χ1v) is 7.28. The molecule has 0 radical (unpaired) electrons. The normalized spacial score (nSPS) is 26.4. The Morgan fingerprint density at radius 3 is 2.63 bits per heavy atom. The van der Waals surface area contributed by atoms with Gasteiger partial charge in [-0.3, -0.25) is 0 Å². The summed E-state index contributed by atoms with van der Waals surface area (Å²) < 4.78 is 21.7. The monoisotopic (exact) mass is 275 g/mol. The average Bonchev–Trinajstić information content (AvgIpc) is 2.40. The Kier molecular flexibility index (Phi) is 9.38. The minimum absolute atomic E-state index is 0.181. The Labute approximate surface area is 116 Å². The van der Waals surface area contributed by atoms with E-state index in [-0.39, 0.29) is 12.2 Å². The third-order valence-corrected chi connectivity index (χ3v) is 3.37. The van der Waals surface area contributed by atoms with Gasteiger partial charge in [-0.05, 0) is 25.8 Å². The Morgan fingerprint density at radius 2 is 1.95 bits per heavy atom. The van der Waals surface area contributed by atoms with Gasteiger partial charge in [0.2, 0.25) is 0 Å². The molecule has 3 unspecified atom stereocenters. The summed E-state index contributed by atoms with van der Waals surface area (Å²) in [5, 5.41) is 3.47. The summed E-state index contributed by atoms with van der Waals surface area (Å²) in [6, 6.07) is 0.442. The molecule has 114 valence electrons. The van der Waals surface area contributed by atoms with Crippen LogP contribution in [0.1, 0.15) is 26.2 Å². The van der Waals surface area contributed by atoms with E-state index in [1.807, 2.05) is 0 Å². The minimum atomic E-state index is 0.181. The van der Waals surface area contributed by atoms with E-state index in [0.717, 1.165) is 39.0 Å². The highest BCUT2D eigenvalue weighted by molar-refractivity contribution is 4.96. The first-order chi connectivity index (χ1) is 9.33. The van der Waals surface area contributed by atoms with E-state index in [9.17, 15) is 0 Å². The summed E-state index contributed by atoms with van der Waals surface area (Å²) in [7, 11) is 3.45. The van der Waals surface area contributed by atoms with Gasteiger partial charge in [0.25, 0.3) is 0 Å². The summed E-state index contributed by atoms with van der Waals surface area (Å²) in [4.78, 5) is 0. The van der Waals surface area contributed by atoms with Gasteiger partial charge in [-0.15, -0.1) is 0 Å². The summed E-state index contributed by atoms with van der Waals surface area (Å²) in [6.07, 6.45) is 3.50. The van der Waals surface area contributed by atoms with Crippen LogP contribution in [0.5, 0.6) is 0 Å². The Morgan fingerprint density at radius 1 is 1.11 bits per heavy atom. The molecule has 0 aromatic heterocycles. The third-order valence-electron chi connectivity index (χ3n) is 3.37. The van der Waals surface area contributed by atoms with Crippen molar-refractivity contribution in [2.45, 2.75) is 44.4 Å². The van der Waals surface area contributed by atoms with Crippen molar-refractivity contribution in [2.75, 3.05) is 47.2 Å². The summed E-state index contributed by atoms with van der Waals surface area (Å²) >= 11 is 0. The predicted molar refractivity (Wildman–Crippen MR) is 74.5 cm³/mol. The number of ether oxygens (including phenoxy) is 4. The number of methoxy groups -OCH3 is 2. The fraction of sp³-hybridized carbons (Fsp3) is 1.00. The highest BCUT2D eigenvalue weighted by atomic mass is 16.6. The molecule has 19 heavy (non-hydrogen) atoms. The maximum Gasteiger partial charge on any atom is 0.0986 e. The van der Waals surface area contributed by atoms with E-state index in [1.54, 1.807) is 14.2 Å². The fourth-order valence-corrected chi connectivity index (χ4v) is 2.26. The highest BCUT2D eigenvalue weighted by Gasteiger charge is 2.41. The largest absolute Gasteiger partial charge is 0.385 e. The predicted octanol–water partition coefficient (Wildman–Crippen LogP) is 1.21. The van der Waals surface area contributed by atoms with Gasteiger partial charge < -0.3 is 24.3 Å². The first kappa shape index (κ1) is 16.9. The van der Waals surface area contributed by atoms with Crippen molar-refractivity contribution in [3.05, 3.63) is 0 Å². The van der Waals surface area contributed by atoms with Crippen molar-refractivity contribution < 1.29 is 18.9 Å². The second-order valence-corrected chi connectivity index (χ2v) is 4.86. The molecule has 1 saturated carbocycles. The van der Waals surface area contributed by atoms with Crippen LogP contribution in [0.3, 0.4) is 0 Å². The van der Waals surface area contributed by atoms with Crippen molar-refractivity contribution in [1.29, 1.82) is 0 Å². The van der Waals surface area contributed by atoms with Gasteiger partial charge in [-0.1, -0.05) is 6.92 Å². The molecule has 0 aromatic rings. The van der Waals surface area contributed by atoms with Crippen LogP contribution in [0.15, 0.2) is 0 Å². The lowest BCUT2D eigenvalue weighted by Gasteiger charge is -2.43. The quantitative estimate of drug-likeness (QED) is 0.543. The standard InChI is InChI=1S/C14H29NO4/c1-4-6-15-12-11-13(14(12)17-3)19-10-9-18-8-5-7-16-2/h12-15H,4-11H2,1-3H3. The van der Waals surface area contributed by atoms with Crippen LogP contribution in [0.4, 0.5) is 0 Å². The van der Waals surface area contributed by atoms with E-state index in [2.05, 4.69) is 12.2 Å². The number of rotatable bonds is 12. The van der Waals surface area contributed by atoms with Gasteiger partial charge in [-0.25, -0.2) is 0 Å².